The Morgan fingerprint density at radius 1 is 1.47 bits per heavy atom. The van der Waals surface area contributed by atoms with Crippen LogP contribution in [0.2, 0.25) is 0 Å². The second-order valence-corrected chi connectivity index (χ2v) is 3.97. The highest BCUT2D eigenvalue weighted by Crippen LogP contribution is 2.18. The van der Waals surface area contributed by atoms with E-state index >= 15 is 0 Å². The Kier molecular flexibility index (Phi) is 5.65. The van der Waals surface area contributed by atoms with Crippen molar-refractivity contribution < 1.29 is 14.6 Å². The van der Waals surface area contributed by atoms with Crippen LogP contribution in [0.3, 0.4) is 0 Å². The Morgan fingerprint density at radius 2 is 2.20 bits per heavy atom. The second kappa shape index (κ2) is 6.80. The summed E-state index contributed by atoms with van der Waals surface area (Å²) in [6, 6.07) is -0.0483. The van der Waals surface area contributed by atoms with Crippen LogP contribution in [0.15, 0.2) is 0 Å². The first-order valence-electron chi connectivity index (χ1n) is 5.79. The lowest BCUT2D eigenvalue weighted by Gasteiger charge is -2.28. The van der Waals surface area contributed by atoms with Crippen molar-refractivity contribution in [3.8, 4) is 0 Å². The largest absolute Gasteiger partial charge is 0.391 e. The molecule has 1 aliphatic rings. The molecule has 1 rings (SSSR count). The summed E-state index contributed by atoms with van der Waals surface area (Å²) in [6.07, 6.45) is 3.87. The molecule has 0 aromatic carbocycles. The van der Waals surface area contributed by atoms with Gasteiger partial charge in [-0.3, -0.25) is 4.79 Å². The Bertz CT molecular complexity index is 196. The van der Waals surface area contributed by atoms with Crippen LogP contribution in [-0.4, -0.2) is 36.4 Å². The summed E-state index contributed by atoms with van der Waals surface area (Å²) in [5, 5.41) is 12.5. The van der Waals surface area contributed by atoms with E-state index in [0.717, 1.165) is 25.7 Å². The maximum atomic E-state index is 11.4. The van der Waals surface area contributed by atoms with E-state index in [0.29, 0.717) is 19.6 Å². The van der Waals surface area contributed by atoms with Crippen molar-refractivity contribution in [2.45, 2.75) is 51.2 Å². The minimum Gasteiger partial charge on any atom is -0.391 e. The van der Waals surface area contributed by atoms with Crippen molar-refractivity contribution in [1.82, 2.24) is 5.32 Å². The Labute approximate surface area is 91.0 Å². The van der Waals surface area contributed by atoms with Gasteiger partial charge < -0.3 is 15.2 Å². The van der Waals surface area contributed by atoms with Gasteiger partial charge in [0.25, 0.3) is 0 Å². The zero-order valence-corrected chi connectivity index (χ0v) is 9.37. The molecule has 0 bridgehead atoms. The molecule has 0 radical (unpaired) electrons. The topological polar surface area (TPSA) is 58.6 Å². The zero-order chi connectivity index (χ0) is 11.1. The molecule has 1 aliphatic carbocycles. The molecular weight excluding hydrogens is 194 g/mol. The Morgan fingerprint density at radius 3 is 2.87 bits per heavy atom. The number of ether oxygens (including phenoxy) is 1. The third-order valence-electron chi connectivity index (χ3n) is 2.75. The van der Waals surface area contributed by atoms with E-state index in [2.05, 4.69) is 5.32 Å². The first-order chi connectivity index (χ1) is 7.24. The number of aliphatic hydroxyl groups is 1. The van der Waals surface area contributed by atoms with Gasteiger partial charge in [-0.1, -0.05) is 12.8 Å². The molecule has 4 heteroatoms. The molecular formula is C11H21NO3. The number of hydrogen-bond donors (Lipinski definition) is 2. The van der Waals surface area contributed by atoms with Crippen LogP contribution < -0.4 is 5.32 Å². The fourth-order valence-electron chi connectivity index (χ4n) is 1.87. The van der Waals surface area contributed by atoms with Crippen LogP contribution >= 0.6 is 0 Å². The van der Waals surface area contributed by atoms with Gasteiger partial charge >= 0.3 is 0 Å². The van der Waals surface area contributed by atoms with Crippen molar-refractivity contribution in [3.05, 3.63) is 0 Å². The van der Waals surface area contributed by atoms with Crippen LogP contribution in [0, 0.1) is 0 Å². The molecule has 0 aliphatic heterocycles. The van der Waals surface area contributed by atoms with Crippen LogP contribution in [-0.2, 0) is 9.53 Å². The fraction of sp³-hybridized carbons (Fsp3) is 0.909. The van der Waals surface area contributed by atoms with Gasteiger partial charge in [0.15, 0.2) is 0 Å². The monoisotopic (exact) mass is 215 g/mol. The van der Waals surface area contributed by atoms with Crippen molar-refractivity contribution in [1.29, 1.82) is 0 Å². The van der Waals surface area contributed by atoms with Crippen LogP contribution in [0.4, 0.5) is 0 Å². The molecule has 0 spiro atoms. The smallest absolute Gasteiger partial charge is 0.222 e. The van der Waals surface area contributed by atoms with Crippen LogP contribution in [0.1, 0.15) is 39.0 Å². The lowest BCUT2D eigenvalue weighted by Crippen LogP contribution is -2.45. The first-order valence-corrected chi connectivity index (χ1v) is 5.79. The molecule has 15 heavy (non-hydrogen) atoms. The fourth-order valence-corrected chi connectivity index (χ4v) is 1.87. The summed E-state index contributed by atoms with van der Waals surface area (Å²) in [5.41, 5.74) is 0. The lowest BCUT2D eigenvalue weighted by atomic mass is 9.92. The van der Waals surface area contributed by atoms with Gasteiger partial charge in [0.05, 0.1) is 18.8 Å². The number of rotatable bonds is 5. The third-order valence-corrected chi connectivity index (χ3v) is 2.75. The van der Waals surface area contributed by atoms with Gasteiger partial charge in [0.1, 0.15) is 0 Å². The van der Waals surface area contributed by atoms with Crippen LogP contribution in [0.25, 0.3) is 0 Å². The minimum absolute atomic E-state index is 0.0191. The second-order valence-electron chi connectivity index (χ2n) is 3.97. The highest BCUT2D eigenvalue weighted by molar-refractivity contribution is 5.76. The molecule has 0 aromatic heterocycles. The third kappa shape index (κ3) is 4.62. The maximum Gasteiger partial charge on any atom is 0.222 e. The van der Waals surface area contributed by atoms with E-state index in [1.54, 1.807) is 0 Å². The lowest BCUT2D eigenvalue weighted by molar-refractivity contribution is -0.124. The van der Waals surface area contributed by atoms with Gasteiger partial charge in [0, 0.05) is 13.0 Å². The molecule has 2 atom stereocenters. The summed E-state index contributed by atoms with van der Waals surface area (Å²) in [7, 11) is 0. The standard InChI is InChI=1S/C11H21NO3/c1-2-15-8-7-11(14)12-9-5-3-4-6-10(9)13/h9-10,13H,2-8H2,1H3,(H,12,14)/t9-,10-/m1/s1. The average molecular weight is 215 g/mol. The van der Waals surface area contributed by atoms with Crippen molar-refractivity contribution in [2.75, 3.05) is 13.2 Å². The molecule has 1 fully saturated rings. The zero-order valence-electron chi connectivity index (χ0n) is 9.37. The maximum absolute atomic E-state index is 11.4. The molecule has 0 aromatic rings. The highest BCUT2D eigenvalue weighted by Gasteiger charge is 2.23. The summed E-state index contributed by atoms with van der Waals surface area (Å²) in [5.74, 6) is -0.0191. The number of amides is 1. The normalized spacial score (nSPS) is 26.3. The van der Waals surface area contributed by atoms with Crippen molar-refractivity contribution >= 4 is 5.91 Å². The molecule has 0 saturated heterocycles. The summed E-state index contributed by atoms with van der Waals surface area (Å²) < 4.78 is 5.10. The minimum atomic E-state index is -0.366. The molecule has 4 nitrogen and oxygen atoms in total. The van der Waals surface area contributed by atoms with Crippen molar-refractivity contribution in [2.24, 2.45) is 0 Å². The van der Waals surface area contributed by atoms with Gasteiger partial charge in [-0.25, -0.2) is 0 Å². The molecule has 1 saturated carbocycles. The molecule has 88 valence electrons. The summed E-state index contributed by atoms with van der Waals surface area (Å²) in [6.45, 7) is 3.01. The number of carbonyl (C=O) groups excluding carboxylic acids is 1. The molecule has 0 heterocycles. The Balaban J connectivity index is 2.18. The van der Waals surface area contributed by atoms with Crippen molar-refractivity contribution in [3.63, 3.8) is 0 Å². The van der Waals surface area contributed by atoms with Crippen LogP contribution in [0.5, 0.6) is 0 Å². The highest BCUT2D eigenvalue weighted by atomic mass is 16.5. The van der Waals surface area contributed by atoms with Gasteiger partial charge in [-0.2, -0.15) is 0 Å². The summed E-state index contributed by atoms with van der Waals surface area (Å²) in [4.78, 5) is 11.4. The van der Waals surface area contributed by atoms with E-state index in [1.807, 2.05) is 6.92 Å². The van der Waals surface area contributed by atoms with E-state index in [1.165, 1.54) is 0 Å². The number of hydrogen-bond acceptors (Lipinski definition) is 3. The quantitative estimate of drug-likeness (QED) is 0.668. The van der Waals surface area contributed by atoms with Gasteiger partial charge in [-0.15, -0.1) is 0 Å². The number of aliphatic hydroxyl groups excluding tert-OH is 1. The van der Waals surface area contributed by atoms with E-state index in [9.17, 15) is 9.90 Å². The van der Waals surface area contributed by atoms with Gasteiger partial charge in [-0.05, 0) is 19.8 Å². The number of nitrogens with one attached hydrogen (secondary N) is 1. The molecule has 0 unspecified atom stereocenters. The predicted molar refractivity (Wildman–Crippen MR) is 57.5 cm³/mol. The van der Waals surface area contributed by atoms with E-state index < -0.39 is 0 Å². The first kappa shape index (κ1) is 12.5. The predicted octanol–water partition coefficient (Wildman–Crippen LogP) is 0.833. The Hall–Kier alpha value is -0.610. The molecule has 2 N–H and O–H groups in total. The van der Waals surface area contributed by atoms with E-state index in [-0.39, 0.29) is 18.1 Å². The van der Waals surface area contributed by atoms with Gasteiger partial charge in [0.2, 0.25) is 5.91 Å². The number of carbonyl (C=O) groups is 1. The van der Waals surface area contributed by atoms with E-state index in [4.69, 9.17) is 4.74 Å². The SMILES string of the molecule is CCOCCC(=O)N[C@@H]1CCCC[C@H]1O. The average Bonchev–Trinajstić information content (AvgIpc) is 2.22. The summed E-state index contributed by atoms with van der Waals surface area (Å²) >= 11 is 0. The molecule has 1 amide bonds.